The van der Waals surface area contributed by atoms with Crippen molar-refractivity contribution in [2.24, 2.45) is 5.41 Å². The Labute approximate surface area is 121 Å². The van der Waals surface area contributed by atoms with E-state index in [0.29, 0.717) is 31.8 Å². The lowest BCUT2D eigenvalue weighted by atomic mass is 9.80. The summed E-state index contributed by atoms with van der Waals surface area (Å²) in [5.41, 5.74) is -0.752. The van der Waals surface area contributed by atoms with Gasteiger partial charge in [0, 0.05) is 25.6 Å². The molecule has 0 saturated heterocycles. The van der Waals surface area contributed by atoms with Crippen molar-refractivity contribution >= 4 is 11.9 Å². The van der Waals surface area contributed by atoms with E-state index in [9.17, 15) is 14.7 Å². The van der Waals surface area contributed by atoms with Gasteiger partial charge in [0.05, 0.1) is 5.41 Å². The molecule has 0 radical (unpaired) electrons. The maximum atomic E-state index is 11.8. The van der Waals surface area contributed by atoms with E-state index in [1.165, 1.54) is 0 Å². The van der Waals surface area contributed by atoms with Crippen LogP contribution in [-0.2, 0) is 9.59 Å². The van der Waals surface area contributed by atoms with Crippen molar-refractivity contribution < 1.29 is 14.7 Å². The van der Waals surface area contributed by atoms with Gasteiger partial charge in [-0.2, -0.15) is 0 Å². The molecule has 1 aliphatic carbocycles. The number of carbonyl (C=O) groups is 2. The van der Waals surface area contributed by atoms with Gasteiger partial charge in [0.1, 0.15) is 0 Å². The van der Waals surface area contributed by atoms with Gasteiger partial charge in [0.25, 0.3) is 0 Å². The van der Waals surface area contributed by atoms with Crippen molar-refractivity contribution in [2.45, 2.75) is 64.8 Å². The average Bonchev–Trinajstić information content (AvgIpc) is 2.62. The van der Waals surface area contributed by atoms with Crippen LogP contribution < -0.4 is 10.6 Å². The number of rotatable bonds is 7. The second-order valence-electron chi connectivity index (χ2n) is 6.14. The summed E-state index contributed by atoms with van der Waals surface area (Å²) in [6.07, 6.45) is 5.82. The lowest BCUT2D eigenvalue weighted by Crippen LogP contribution is -2.43. The Morgan fingerprint density at radius 1 is 1.15 bits per heavy atom. The molecule has 0 aromatic heterocycles. The number of hydrogen-bond acceptors (Lipinski definition) is 3. The van der Waals surface area contributed by atoms with Gasteiger partial charge in [0.2, 0.25) is 5.91 Å². The molecule has 1 saturated carbocycles. The molecule has 5 heteroatoms. The van der Waals surface area contributed by atoms with Crippen LogP contribution in [0.2, 0.25) is 0 Å². The Hall–Kier alpha value is -1.10. The van der Waals surface area contributed by atoms with Gasteiger partial charge < -0.3 is 15.7 Å². The predicted octanol–water partition coefficient (Wildman–Crippen LogP) is 1.92. The van der Waals surface area contributed by atoms with E-state index < -0.39 is 11.4 Å². The highest BCUT2D eigenvalue weighted by atomic mass is 16.4. The van der Waals surface area contributed by atoms with Crippen molar-refractivity contribution in [3.8, 4) is 0 Å². The molecule has 1 fully saturated rings. The zero-order valence-corrected chi connectivity index (χ0v) is 12.7. The van der Waals surface area contributed by atoms with E-state index in [1.54, 1.807) is 0 Å². The van der Waals surface area contributed by atoms with Crippen LogP contribution in [0.25, 0.3) is 0 Å². The number of hydrogen-bond donors (Lipinski definition) is 3. The molecule has 0 heterocycles. The van der Waals surface area contributed by atoms with Crippen molar-refractivity contribution in [1.82, 2.24) is 10.6 Å². The second kappa shape index (κ2) is 8.25. The van der Waals surface area contributed by atoms with Crippen LogP contribution >= 0.6 is 0 Å². The second-order valence-corrected chi connectivity index (χ2v) is 6.14. The van der Waals surface area contributed by atoms with Gasteiger partial charge in [-0.15, -0.1) is 0 Å². The van der Waals surface area contributed by atoms with Gasteiger partial charge in [0.15, 0.2) is 0 Å². The van der Waals surface area contributed by atoms with Crippen LogP contribution in [0.1, 0.15) is 58.8 Å². The van der Waals surface area contributed by atoms with Crippen LogP contribution in [0.5, 0.6) is 0 Å². The fraction of sp³-hybridized carbons (Fsp3) is 0.867. The molecule has 20 heavy (non-hydrogen) atoms. The lowest BCUT2D eigenvalue weighted by Gasteiger charge is -2.28. The topological polar surface area (TPSA) is 78.4 Å². The van der Waals surface area contributed by atoms with E-state index in [-0.39, 0.29) is 12.5 Å². The normalized spacial score (nSPS) is 18.6. The standard InChI is InChI=1S/C15H28N2O3/c1-12(2)16-10-7-13(18)17-11-15(14(19)20)8-5-3-4-6-9-15/h12,16H,3-11H2,1-2H3,(H,17,18)(H,19,20). The highest BCUT2D eigenvalue weighted by Gasteiger charge is 2.38. The van der Waals surface area contributed by atoms with Gasteiger partial charge in [-0.3, -0.25) is 9.59 Å². The first-order valence-electron chi connectivity index (χ1n) is 7.70. The Morgan fingerprint density at radius 3 is 2.25 bits per heavy atom. The first kappa shape index (κ1) is 17.0. The highest BCUT2D eigenvalue weighted by molar-refractivity contribution is 5.79. The minimum atomic E-state index is -0.764. The third-order valence-corrected chi connectivity index (χ3v) is 4.04. The summed E-state index contributed by atoms with van der Waals surface area (Å²) in [6.45, 7) is 4.96. The van der Waals surface area contributed by atoms with E-state index in [4.69, 9.17) is 0 Å². The summed E-state index contributed by atoms with van der Waals surface area (Å²) in [5, 5.41) is 15.5. The average molecular weight is 284 g/mol. The SMILES string of the molecule is CC(C)NCCC(=O)NCC1(C(=O)O)CCCCCC1. The van der Waals surface area contributed by atoms with E-state index in [0.717, 1.165) is 25.7 Å². The van der Waals surface area contributed by atoms with Crippen molar-refractivity contribution in [2.75, 3.05) is 13.1 Å². The smallest absolute Gasteiger partial charge is 0.311 e. The summed E-state index contributed by atoms with van der Waals surface area (Å²) < 4.78 is 0. The molecule has 1 rings (SSSR count). The summed E-state index contributed by atoms with van der Waals surface area (Å²) in [5.74, 6) is -0.831. The maximum absolute atomic E-state index is 11.8. The first-order chi connectivity index (χ1) is 9.46. The molecule has 0 unspecified atom stereocenters. The lowest BCUT2D eigenvalue weighted by molar-refractivity contribution is -0.149. The van der Waals surface area contributed by atoms with Crippen molar-refractivity contribution in [1.29, 1.82) is 0 Å². The van der Waals surface area contributed by atoms with E-state index in [2.05, 4.69) is 10.6 Å². The Balaban J connectivity index is 2.42. The largest absolute Gasteiger partial charge is 0.481 e. The Morgan fingerprint density at radius 2 is 1.75 bits per heavy atom. The fourth-order valence-electron chi connectivity index (χ4n) is 2.70. The van der Waals surface area contributed by atoms with Crippen LogP contribution in [0.3, 0.4) is 0 Å². The molecular formula is C15H28N2O3. The molecule has 5 nitrogen and oxygen atoms in total. The van der Waals surface area contributed by atoms with Gasteiger partial charge in [-0.05, 0) is 12.8 Å². The monoisotopic (exact) mass is 284 g/mol. The molecule has 116 valence electrons. The van der Waals surface area contributed by atoms with Crippen molar-refractivity contribution in [3.63, 3.8) is 0 Å². The molecule has 0 bridgehead atoms. The minimum Gasteiger partial charge on any atom is -0.481 e. The number of amides is 1. The van der Waals surface area contributed by atoms with Crippen molar-refractivity contribution in [3.05, 3.63) is 0 Å². The molecule has 0 aromatic rings. The molecule has 1 aliphatic rings. The minimum absolute atomic E-state index is 0.0666. The number of carboxylic acid groups (broad SMARTS) is 1. The molecular weight excluding hydrogens is 256 g/mol. The zero-order valence-electron chi connectivity index (χ0n) is 12.7. The molecule has 0 aromatic carbocycles. The van der Waals surface area contributed by atoms with Gasteiger partial charge >= 0.3 is 5.97 Å². The summed E-state index contributed by atoms with van der Waals surface area (Å²) >= 11 is 0. The molecule has 3 N–H and O–H groups in total. The van der Waals surface area contributed by atoms with Crippen LogP contribution in [-0.4, -0.2) is 36.1 Å². The molecule has 1 amide bonds. The number of aliphatic carboxylic acids is 1. The third kappa shape index (κ3) is 5.49. The quantitative estimate of drug-likeness (QED) is 0.624. The molecule has 0 atom stereocenters. The Kier molecular flexibility index (Phi) is 6.99. The summed E-state index contributed by atoms with van der Waals surface area (Å²) in [4.78, 5) is 23.4. The van der Waals surface area contributed by atoms with Crippen LogP contribution in [0.4, 0.5) is 0 Å². The third-order valence-electron chi connectivity index (χ3n) is 4.04. The van der Waals surface area contributed by atoms with E-state index >= 15 is 0 Å². The number of nitrogens with one attached hydrogen (secondary N) is 2. The van der Waals surface area contributed by atoms with Gasteiger partial charge in [-0.1, -0.05) is 39.5 Å². The number of carbonyl (C=O) groups excluding carboxylic acids is 1. The fourth-order valence-corrected chi connectivity index (χ4v) is 2.70. The zero-order chi connectivity index (χ0) is 15.0. The highest BCUT2D eigenvalue weighted by Crippen LogP contribution is 2.34. The Bertz CT molecular complexity index is 321. The van der Waals surface area contributed by atoms with Gasteiger partial charge in [-0.25, -0.2) is 0 Å². The number of carboxylic acids is 1. The van der Waals surface area contributed by atoms with Crippen LogP contribution in [0, 0.1) is 5.41 Å². The maximum Gasteiger partial charge on any atom is 0.311 e. The summed E-state index contributed by atoms with van der Waals surface area (Å²) in [6, 6.07) is 0.356. The van der Waals surface area contributed by atoms with Crippen LogP contribution in [0.15, 0.2) is 0 Å². The molecule has 0 aliphatic heterocycles. The predicted molar refractivity (Wildman–Crippen MR) is 78.5 cm³/mol. The summed E-state index contributed by atoms with van der Waals surface area (Å²) in [7, 11) is 0. The van der Waals surface area contributed by atoms with E-state index in [1.807, 2.05) is 13.8 Å². The molecule has 0 spiro atoms. The first-order valence-corrected chi connectivity index (χ1v) is 7.70.